The van der Waals surface area contributed by atoms with Crippen molar-refractivity contribution in [1.29, 1.82) is 0 Å². The summed E-state index contributed by atoms with van der Waals surface area (Å²) < 4.78 is 52.7. The Morgan fingerprint density at radius 1 is 1.00 bits per heavy atom. The van der Waals surface area contributed by atoms with Gasteiger partial charge in [0, 0.05) is 29.9 Å². The van der Waals surface area contributed by atoms with Crippen molar-refractivity contribution in [3.63, 3.8) is 0 Å². The standard InChI is InChI=1S/C26H25FN2O5S/c27-20-4-1-3-18(15-20)16-22-5-2-12-29(22)26(30)19-6-8-21(9-7-19)28-35(31,32)23-10-11-24-25(17-23)34-14-13-33-24/h1,3-4,6-11,15,17,22,28H,2,5,12-14,16H2. The van der Waals surface area contributed by atoms with Crippen LogP contribution in [-0.2, 0) is 16.4 Å². The third-order valence-electron chi connectivity index (χ3n) is 6.21. The molecule has 1 unspecified atom stereocenters. The van der Waals surface area contributed by atoms with Crippen molar-refractivity contribution in [2.24, 2.45) is 0 Å². The summed E-state index contributed by atoms with van der Waals surface area (Å²) in [6, 6.07) is 17.3. The van der Waals surface area contributed by atoms with E-state index in [1.165, 1.54) is 24.3 Å². The molecule has 2 aliphatic heterocycles. The first-order valence-corrected chi connectivity index (χ1v) is 13.0. The quantitative estimate of drug-likeness (QED) is 0.552. The van der Waals surface area contributed by atoms with Gasteiger partial charge in [0.15, 0.2) is 11.5 Å². The summed E-state index contributed by atoms with van der Waals surface area (Å²) in [6.07, 6.45) is 2.34. The maximum absolute atomic E-state index is 13.6. The molecule has 1 saturated heterocycles. The highest BCUT2D eigenvalue weighted by Gasteiger charge is 2.29. The first-order chi connectivity index (χ1) is 16.9. The molecule has 2 heterocycles. The lowest BCUT2D eigenvalue weighted by Crippen LogP contribution is -2.36. The fourth-order valence-electron chi connectivity index (χ4n) is 4.50. The van der Waals surface area contributed by atoms with Crippen LogP contribution in [0.4, 0.5) is 10.1 Å². The number of halogens is 1. The van der Waals surface area contributed by atoms with E-state index in [0.717, 1.165) is 18.4 Å². The number of ether oxygens (including phenoxy) is 2. The van der Waals surface area contributed by atoms with Gasteiger partial charge in [0.2, 0.25) is 0 Å². The highest BCUT2D eigenvalue weighted by atomic mass is 32.2. The van der Waals surface area contributed by atoms with Gasteiger partial charge in [0.05, 0.1) is 4.90 Å². The number of sulfonamides is 1. The molecule has 182 valence electrons. The Balaban J connectivity index is 1.27. The van der Waals surface area contributed by atoms with Gasteiger partial charge in [-0.3, -0.25) is 9.52 Å². The first-order valence-electron chi connectivity index (χ1n) is 11.5. The summed E-state index contributed by atoms with van der Waals surface area (Å²) in [7, 11) is -3.85. The number of nitrogens with zero attached hydrogens (tertiary/aromatic N) is 1. The van der Waals surface area contributed by atoms with Crippen molar-refractivity contribution in [1.82, 2.24) is 4.90 Å². The predicted molar refractivity (Wildman–Crippen MR) is 129 cm³/mol. The van der Waals surface area contributed by atoms with E-state index in [0.29, 0.717) is 48.9 Å². The molecule has 5 rings (SSSR count). The van der Waals surface area contributed by atoms with E-state index in [1.807, 2.05) is 11.0 Å². The predicted octanol–water partition coefficient (Wildman–Crippen LogP) is 4.25. The number of hydrogen-bond donors (Lipinski definition) is 1. The van der Waals surface area contributed by atoms with Crippen LogP contribution in [0.5, 0.6) is 11.5 Å². The largest absolute Gasteiger partial charge is 0.486 e. The zero-order valence-electron chi connectivity index (χ0n) is 18.9. The lowest BCUT2D eigenvalue weighted by Gasteiger charge is -2.25. The number of benzene rings is 3. The minimum Gasteiger partial charge on any atom is -0.486 e. The second kappa shape index (κ2) is 9.58. The summed E-state index contributed by atoms with van der Waals surface area (Å²) in [5.74, 6) is 0.493. The third-order valence-corrected chi connectivity index (χ3v) is 7.59. The Kier molecular flexibility index (Phi) is 6.34. The van der Waals surface area contributed by atoms with Crippen molar-refractivity contribution < 1.29 is 27.1 Å². The normalized spacial score (nSPS) is 17.3. The summed E-state index contributed by atoms with van der Waals surface area (Å²) in [6.45, 7) is 1.42. The maximum atomic E-state index is 13.6. The van der Waals surface area contributed by atoms with Crippen LogP contribution in [0.15, 0.2) is 71.6 Å². The van der Waals surface area contributed by atoms with E-state index in [2.05, 4.69) is 4.72 Å². The van der Waals surface area contributed by atoms with E-state index in [1.54, 1.807) is 36.4 Å². The maximum Gasteiger partial charge on any atom is 0.262 e. The highest BCUT2D eigenvalue weighted by molar-refractivity contribution is 7.92. The van der Waals surface area contributed by atoms with Crippen molar-refractivity contribution in [3.8, 4) is 11.5 Å². The molecule has 3 aromatic carbocycles. The zero-order chi connectivity index (χ0) is 24.4. The number of nitrogens with one attached hydrogen (secondary N) is 1. The molecule has 0 bridgehead atoms. The zero-order valence-corrected chi connectivity index (χ0v) is 19.8. The Bertz CT molecular complexity index is 1340. The Hall–Kier alpha value is -3.59. The van der Waals surface area contributed by atoms with Gasteiger partial charge in [-0.2, -0.15) is 0 Å². The molecule has 7 nitrogen and oxygen atoms in total. The van der Waals surface area contributed by atoms with Crippen LogP contribution in [0.1, 0.15) is 28.8 Å². The minimum absolute atomic E-state index is 0.00214. The number of carbonyl (C=O) groups is 1. The summed E-state index contributed by atoms with van der Waals surface area (Å²) in [5, 5.41) is 0. The molecule has 1 atom stereocenters. The lowest BCUT2D eigenvalue weighted by atomic mass is 10.0. The van der Waals surface area contributed by atoms with Crippen molar-refractivity contribution in [2.75, 3.05) is 24.5 Å². The molecule has 1 fully saturated rings. The molecule has 0 saturated carbocycles. The number of hydrogen-bond acceptors (Lipinski definition) is 5. The second-order valence-electron chi connectivity index (χ2n) is 8.62. The molecule has 9 heteroatoms. The number of carbonyl (C=O) groups excluding carboxylic acids is 1. The van der Waals surface area contributed by atoms with Gasteiger partial charge in [0.25, 0.3) is 15.9 Å². The summed E-state index contributed by atoms with van der Waals surface area (Å²) in [5.41, 5.74) is 1.67. The van der Waals surface area contributed by atoms with E-state index < -0.39 is 10.0 Å². The first kappa shape index (κ1) is 23.2. The highest BCUT2D eigenvalue weighted by Crippen LogP contribution is 2.33. The molecule has 0 aliphatic carbocycles. The fourth-order valence-corrected chi connectivity index (χ4v) is 5.58. The number of amides is 1. The molecular formula is C26H25FN2O5S. The molecule has 0 aromatic heterocycles. The molecular weight excluding hydrogens is 471 g/mol. The van der Waals surface area contributed by atoms with Crippen molar-refractivity contribution in [3.05, 3.63) is 83.7 Å². The van der Waals surface area contributed by atoms with Gasteiger partial charge in [-0.1, -0.05) is 12.1 Å². The van der Waals surface area contributed by atoms with Gasteiger partial charge in [-0.25, -0.2) is 12.8 Å². The molecule has 35 heavy (non-hydrogen) atoms. The van der Waals surface area contributed by atoms with Crippen molar-refractivity contribution in [2.45, 2.75) is 30.2 Å². The smallest absolute Gasteiger partial charge is 0.262 e. The van der Waals surface area contributed by atoms with E-state index in [4.69, 9.17) is 9.47 Å². The minimum atomic E-state index is -3.85. The van der Waals surface area contributed by atoms with E-state index >= 15 is 0 Å². The van der Waals surface area contributed by atoms with Gasteiger partial charge >= 0.3 is 0 Å². The van der Waals surface area contributed by atoms with Crippen LogP contribution < -0.4 is 14.2 Å². The molecule has 3 aromatic rings. The van der Waals surface area contributed by atoms with Crippen LogP contribution in [0.25, 0.3) is 0 Å². The van der Waals surface area contributed by atoms with Crippen molar-refractivity contribution >= 4 is 21.6 Å². The number of fused-ring (bicyclic) bond motifs is 1. The Labute approximate surface area is 203 Å². The fraction of sp³-hybridized carbons (Fsp3) is 0.269. The third kappa shape index (κ3) is 5.09. The molecule has 1 N–H and O–H groups in total. The average Bonchev–Trinajstić information content (AvgIpc) is 3.31. The van der Waals surface area contributed by atoms with Crippen LogP contribution in [0.3, 0.4) is 0 Å². The monoisotopic (exact) mass is 496 g/mol. The van der Waals surface area contributed by atoms with Crippen LogP contribution in [0.2, 0.25) is 0 Å². The summed E-state index contributed by atoms with van der Waals surface area (Å²) in [4.78, 5) is 15.0. The van der Waals surface area contributed by atoms with Gasteiger partial charge < -0.3 is 14.4 Å². The number of likely N-dealkylation sites (tertiary alicyclic amines) is 1. The van der Waals surface area contributed by atoms with E-state index in [-0.39, 0.29) is 22.7 Å². The number of rotatable bonds is 6. The van der Waals surface area contributed by atoms with Gasteiger partial charge in [-0.05, 0) is 73.4 Å². The summed E-state index contributed by atoms with van der Waals surface area (Å²) >= 11 is 0. The van der Waals surface area contributed by atoms with E-state index in [9.17, 15) is 17.6 Å². The molecule has 2 aliphatic rings. The van der Waals surface area contributed by atoms with Crippen LogP contribution >= 0.6 is 0 Å². The van der Waals surface area contributed by atoms with Gasteiger partial charge in [-0.15, -0.1) is 0 Å². The molecule has 0 spiro atoms. The Morgan fingerprint density at radius 2 is 1.77 bits per heavy atom. The van der Waals surface area contributed by atoms with Crippen LogP contribution in [-0.4, -0.2) is 45.0 Å². The topological polar surface area (TPSA) is 84.9 Å². The SMILES string of the molecule is O=C(c1ccc(NS(=O)(=O)c2ccc3c(c2)OCCO3)cc1)N1CCCC1Cc1cccc(F)c1. The molecule has 1 amide bonds. The second-order valence-corrected chi connectivity index (χ2v) is 10.3. The Morgan fingerprint density at radius 3 is 2.54 bits per heavy atom. The molecule has 0 radical (unpaired) electrons. The van der Waals surface area contributed by atoms with Gasteiger partial charge in [0.1, 0.15) is 19.0 Å². The lowest BCUT2D eigenvalue weighted by molar-refractivity contribution is 0.0736. The average molecular weight is 497 g/mol. The number of anilines is 1. The van der Waals surface area contributed by atoms with Crippen LogP contribution in [0, 0.1) is 5.82 Å².